The first kappa shape index (κ1) is 17.2. The van der Waals surface area contributed by atoms with Gasteiger partial charge < -0.3 is 4.90 Å². The maximum atomic E-state index is 13.1. The van der Waals surface area contributed by atoms with Crippen LogP contribution in [0.4, 0.5) is 4.39 Å². The van der Waals surface area contributed by atoms with Crippen LogP contribution in [0.25, 0.3) is 0 Å². The standard InChI is InChI=1S/C20H19FN4O2/c1-14-3-2-4-16(11-14)12-23-9-10-24-18(19(23)26)22-25(20(24)27)13-15-5-7-17(21)8-6-15/h2-8,11H,9-10,12-13H2,1H3. The fraction of sp³-hybridized carbons (Fsp3) is 0.250. The largest absolute Gasteiger partial charge is 0.346 e. The van der Waals surface area contributed by atoms with Crippen LogP contribution < -0.4 is 5.69 Å². The number of rotatable bonds is 4. The number of benzene rings is 2. The van der Waals surface area contributed by atoms with Gasteiger partial charge in [-0.1, -0.05) is 42.0 Å². The number of aromatic nitrogens is 3. The maximum Gasteiger partial charge on any atom is 0.346 e. The van der Waals surface area contributed by atoms with Gasteiger partial charge in [0.05, 0.1) is 6.54 Å². The topological polar surface area (TPSA) is 60.1 Å². The van der Waals surface area contributed by atoms with Gasteiger partial charge in [-0.05, 0) is 30.2 Å². The second-order valence-electron chi connectivity index (χ2n) is 6.76. The molecule has 4 rings (SSSR count). The van der Waals surface area contributed by atoms with Crippen molar-refractivity contribution < 1.29 is 9.18 Å². The second kappa shape index (κ2) is 6.83. The van der Waals surface area contributed by atoms with Gasteiger partial charge in [0.15, 0.2) is 0 Å². The molecule has 3 aromatic rings. The van der Waals surface area contributed by atoms with Gasteiger partial charge >= 0.3 is 5.69 Å². The maximum absolute atomic E-state index is 13.1. The van der Waals surface area contributed by atoms with Gasteiger partial charge in [0, 0.05) is 19.6 Å². The third kappa shape index (κ3) is 3.40. The van der Waals surface area contributed by atoms with E-state index in [1.54, 1.807) is 17.0 Å². The molecule has 1 amide bonds. The summed E-state index contributed by atoms with van der Waals surface area (Å²) in [7, 11) is 0. The predicted molar refractivity (Wildman–Crippen MR) is 97.9 cm³/mol. The minimum atomic E-state index is -0.336. The molecule has 7 heteroatoms. The SMILES string of the molecule is Cc1cccc(CN2CCn3c(nn(Cc4ccc(F)cc4)c3=O)C2=O)c1. The zero-order chi connectivity index (χ0) is 19.0. The van der Waals surface area contributed by atoms with Crippen LogP contribution in [-0.2, 0) is 19.6 Å². The quantitative estimate of drug-likeness (QED) is 0.711. The molecule has 6 nitrogen and oxygen atoms in total. The van der Waals surface area contributed by atoms with Crippen molar-refractivity contribution in [2.45, 2.75) is 26.6 Å². The highest BCUT2D eigenvalue weighted by atomic mass is 19.1. The first-order valence-electron chi connectivity index (χ1n) is 8.78. The molecule has 0 spiro atoms. The zero-order valence-corrected chi connectivity index (χ0v) is 14.9. The van der Waals surface area contributed by atoms with Crippen LogP contribution in [-0.4, -0.2) is 31.7 Å². The molecule has 138 valence electrons. The summed E-state index contributed by atoms with van der Waals surface area (Å²) in [6.07, 6.45) is 0. The smallest absolute Gasteiger partial charge is 0.330 e. The summed E-state index contributed by atoms with van der Waals surface area (Å²) in [6, 6.07) is 13.9. The molecular weight excluding hydrogens is 347 g/mol. The summed E-state index contributed by atoms with van der Waals surface area (Å²) in [5.74, 6) is -0.434. The summed E-state index contributed by atoms with van der Waals surface area (Å²) >= 11 is 0. The van der Waals surface area contributed by atoms with Crippen molar-refractivity contribution in [1.29, 1.82) is 0 Å². The lowest BCUT2D eigenvalue weighted by Gasteiger charge is -2.26. The Morgan fingerprint density at radius 1 is 1.00 bits per heavy atom. The van der Waals surface area contributed by atoms with Crippen molar-refractivity contribution in [2.75, 3.05) is 6.54 Å². The number of aryl methyl sites for hydroxylation is 1. The predicted octanol–water partition coefficient (Wildman–Crippen LogP) is 2.20. The highest BCUT2D eigenvalue weighted by Gasteiger charge is 2.29. The number of carbonyl (C=O) groups is 1. The molecule has 0 unspecified atom stereocenters. The van der Waals surface area contributed by atoms with Crippen molar-refractivity contribution in [3.8, 4) is 0 Å². The van der Waals surface area contributed by atoms with Crippen LogP contribution in [0.3, 0.4) is 0 Å². The summed E-state index contributed by atoms with van der Waals surface area (Å²) in [4.78, 5) is 27.1. The average Bonchev–Trinajstić information content (AvgIpc) is 2.96. The van der Waals surface area contributed by atoms with Crippen LogP contribution in [0.2, 0.25) is 0 Å². The van der Waals surface area contributed by atoms with Gasteiger partial charge in [0.2, 0.25) is 5.82 Å². The third-order valence-electron chi connectivity index (χ3n) is 4.70. The second-order valence-corrected chi connectivity index (χ2v) is 6.76. The molecule has 0 atom stereocenters. The van der Waals surface area contributed by atoms with Crippen LogP contribution in [0.5, 0.6) is 0 Å². The van der Waals surface area contributed by atoms with E-state index in [9.17, 15) is 14.0 Å². The summed E-state index contributed by atoms with van der Waals surface area (Å²) in [5, 5.41) is 4.24. The number of halogens is 1. The van der Waals surface area contributed by atoms with Crippen LogP contribution in [0.15, 0.2) is 53.3 Å². The first-order valence-corrected chi connectivity index (χ1v) is 8.78. The number of fused-ring (bicyclic) bond motifs is 1. The molecule has 0 saturated heterocycles. The van der Waals surface area contributed by atoms with E-state index in [0.717, 1.165) is 16.7 Å². The molecule has 1 aliphatic heterocycles. The molecule has 2 aromatic carbocycles. The minimum absolute atomic E-state index is 0.154. The van der Waals surface area contributed by atoms with E-state index in [2.05, 4.69) is 5.10 Å². The molecule has 0 fully saturated rings. The van der Waals surface area contributed by atoms with Gasteiger partial charge in [-0.3, -0.25) is 9.36 Å². The van der Waals surface area contributed by atoms with Gasteiger partial charge in [-0.25, -0.2) is 13.9 Å². The van der Waals surface area contributed by atoms with Crippen LogP contribution >= 0.6 is 0 Å². The van der Waals surface area contributed by atoms with Gasteiger partial charge in [-0.15, -0.1) is 5.10 Å². The van der Waals surface area contributed by atoms with E-state index >= 15 is 0 Å². The van der Waals surface area contributed by atoms with Crippen LogP contribution in [0, 0.1) is 12.7 Å². The Bertz CT molecular complexity index is 1050. The molecule has 1 aromatic heterocycles. The van der Waals surface area contributed by atoms with Gasteiger partial charge in [0.1, 0.15) is 5.82 Å². The monoisotopic (exact) mass is 366 g/mol. The first-order chi connectivity index (χ1) is 13.0. The zero-order valence-electron chi connectivity index (χ0n) is 14.9. The van der Waals surface area contributed by atoms with E-state index in [1.807, 2.05) is 31.2 Å². The van der Waals surface area contributed by atoms with Crippen molar-refractivity contribution in [3.05, 3.63) is 87.3 Å². The number of hydrogen-bond acceptors (Lipinski definition) is 3. The molecular formula is C20H19FN4O2. The Balaban J connectivity index is 1.57. The van der Waals surface area contributed by atoms with Gasteiger partial charge in [0.25, 0.3) is 5.91 Å². The molecule has 0 saturated carbocycles. The summed E-state index contributed by atoms with van der Waals surface area (Å²) in [6.45, 7) is 3.57. The van der Waals surface area contributed by atoms with E-state index in [4.69, 9.17) is 0 Å². The average molecular weight is 366 g/mol. The van der Waals surface area contributed by atoms with E-state index in [-0.39, 0.29) is 29.8 Å². The lowest BCUT2D eigenvalue weighted by atomic mass is 10.1. The number of hydrogen-bond donors (Lipinski definition) is 0. The molecule has 1 aliphatic rings. The molecule has 0 N–H and O–H groups in total. The summed E-state index contributed by atoms with van der Waals surface area (Å²) < 4.78 is 15.7. The normalized spacial score (nSPS) is 13.7. The Morgan fingerprint density at radius 2 is 1.78 bits per heavy atom. The number of nitrogens with zero attached hydrogens (tertiary/aromatic N) is 4. The lowest BCUT2D eigenvalue weighted by Crippen LogP contribution is -2.42. The Labute approximate surface area is 155 Å². The lowest BCUT2D eigenvalue weighted by molar-refractivity contribution is 0.0681. The number of carbonyl (C=O) groups excluding carboxylic acids is 1. The highest BCUT2D eigenvalue weighted by Crippen LogP contribution is 2.14. The van der Waals surface area contributed by atoms with E-state index in [1.165, 1.54) is 21.4 Å². The minimum Gasteiger partial charge on any atom is -0.330 e. The van der Waals surface area contributed by atoms with Crippen molar-refractivity contribution in [1.82, 2.24) is 19.2 Å². The Hall–Kier alpha value is -3.22. The third-order valence-corrected chi connectivity index (χ3v) is 4.70. The molecule has 0 aliphatic carbocycles. The Kier molecular flexibility index (Phi) is 4.35. The van der Waals surface area contributed by atoms with Crippen molar-refractivity contribution >= 4 is 5.91 Å². The molecule has 27 heavy (non-hydrogen) atoms. The summed E-state index contributed by atoms with van der Waals surface area (Å²) in [5.41, 5.74) is 2.61. The highest BCUT2D eigenvalue weighted by molar-refractivity contribution is 5.91. The fourth-order valence-corrected chi connectivity index (χ4v) is 3.31. The van der Waals surface area contributed by atoms with E-state index in [0.29, 0.717) is 19.6 Å². The molecule has 2 heterocycles. The van der Waals surface area contributed by atoms with Gasteiger partial charge in [-0.2, -0.15) is 0 Å². The molecule has 0 radical (unpaired) electrons. The van der Waals surface area contributed by atoms with Crippen molar-refractivity contribution in [3.63, 3.8) is 0 Å². The van der Waals surface area contributed by atoms with E-state index < -0.39 is 0 Å². The fourth-order valence-electron chi connectivity index (χ4n) is 3.31. The Morgan fingerprint density at radius 3 is 2.52 bits per heavy atom. The molecule has 0 bridgehead atoms. The van der Waals surface area contributed by atoms with Crippen molar-refractivity contribution in [2.24, 2.45) is 0 Å². The number of amides is 1. The van der Waals surface area contributed by atoms with Crippen LogP contribution in [0.1, 0.15) is 27.3 Å².